The number of carbonyl (C=O) groups is 2. The molecule has 0 unspecified atom stereocenters. The van der Waals surface area contributed by atoms with Gasteiger partial charge < -0.3 is 10.2 Å². The van der Waals surface area contributed by atoms with Crippen LogP contribution in [0, 0.1) is 5.82 Å². The Hall–Kier alpha value is -2.83. The van der Waals surface area contributed by atoms with E-state index in [1.165, 1.54) is 35.6 Å². The van der Waals surface area contributed by atoms with Gasteiger partial charge in [-0.1, -0.05) is 31.9 Å². The number of hydrogen-bond acceptors (Lipinski definition) is 4. The van der Waals surface area contributed by atoms with Crippen LogP contribution in [-0.2, 0) is 11.3 Å². The monoisotopic (exact) mass is 372 g/mol. The highest BCUT2D eigenvalue weighted by molar-refractivity contribution is 5.92. The number of aromatic nitrogens is 2. The summed E-state index contributed by atoms with van der Waals surface area (Å²) in [6.45, 7) is 3.25. The summed E-state index contributed by atoms with van der Waals surface area (Å²) >= 11 is 0. The van der Waals surface area contributed by atoms with E-state index in [2.05, 4.69) is 22.2 Å². The van der Waals surface area contributed by atoms with E-state index in [0.717, 1.165) is 24.8 Å². The summed E-state index contributed by atoms with van der Waals surface area (Å²) in [6.07, 6.45) is 7.63. The first-order chi connectivity index (χ1) is 13.1. The van der Waals surface area contributed by atoms with E-state index < -0.39 is 0 Å². The molecule has 0 fully saturated rings. The number of rotatable bonds is 10. The first kappa shape index (κ1) is 20.5. The average Bonchev–Trinajstić information content (AvgIpc) is 2.70. The van der Waals surface area contributed by atoms with Crippen molar-refractivity contribution in [1.82, 2.24) is 20.2 Å². The van der Waals surface area contributed by atoms with Crippen LogP contribution in [0.25, 0.3) is 0 Å². The Balaban J connectivity index is 1.99. The first-order valence-electron chi connectivity index (χ1n) is 9.16. The third-order valence-corrected chi connectivity index (χ3v) is 4.07. The maximum atomic E-state index is 13.1. The van der Waals surface area contributed by atoms with E-state index in [4.69, 9.17) is 0 Å². The molecule has 2 rings (SSSR count). The molecular weight excluding hydrogens is 347 g/mol. The van der Waals surface area contributed by atoms with Gasteiger partial charge in [0.25, 0.3) is 5.91 Å². The van der Waals surface area contributed by atoms with Crippen LogP contribution in [-0.4, -0.2) is 39.8 Å². The Morgan fingerprint density at radius 3 is 2.59 bits per heavy atom. The first-order valence-corrected chi connectivity index (χ1v) is 9.16. The summed E-state index contributed by atoms with van der Waals surface area (Å²) in [5.41, 5.74) is 0.986. The van der Waals surface area contributed by atoms with E-state index in [-0.39, 0.29) is 42.8 Å². The van der Waals surface area contributed by atoms with Crippen molar-refractivity contribution in [3.05, 3.63) is 59.9 Å². The number of carbonyl (C=O) groups excluding carboxylic acids is 2. The van der Waals surface area contributed by atoms with Crippen LogP contribution in [0.2, 0.25) is 0 Å². The van der Waals surface area contributed by atoms with Crippen LogP contribution in [0.3, 0.4) is 0 Å². The smallest absolute Gasteiger partial charge is 0.274 e. The van der Waals surface area contributed by atoms with Crippen LogP contribution >= 0.6 is 0 Å². The lowest BCUT2D eigenvalue weighted by Gasteiger charge is -2.22. The zero-order chi connectivity index (χ0) is 19.5. The number of nitrogens with zero attached hydrogens (tertiary/aromatic N) is 3. The maximum Gasteiger partial charge on any atom is 0.274 e. The number of halogens is 1. The normalized spacial score (nSPS) is 10.4. The van der Waals surface area contributed by atoms with E-state index in [1.807, 2.05) is 0 Å². The zero-order valence-corrected chi connectivity index (χ0v) is 15.5. The molecule has 0 atom stereocenters. The molecule has 2 amide bonds. The van der Waals surface area contributed by atoms with Crippen molar-refractivity contribution in [3.8, 4) is 0 Å². The van der Waals surface area contributed by atoms with Crippen molar-refractivity contribution >= 4 is 11.8 Å². The second-order valence-corrected chi connectivity index (χ2v) is 6.25. The summed E-state index contributed by atoms with van der Waals surface area (Å²) in [5, 5.41) is 2.87. The Morgan fingerprint density at radius 2 is 1.93 bits per heavy atom. The van der Waals surface area contributed by atoms with Gasteiger partial charge in [-0.2, -0.15) is 0 Å². The number of amides is 2. The van der Waals surface area contributed by atoms with Crippen molar-refractivity contribution in [2.24, 2.45) is 0 Å². The van der Waals surface area contributed by atoms with E-state index >= 15 is 0 Å². The molecule has 27 heavy (non-hydrogen) atoms. The molecule has 0 aliphatic rings. The average molecular weight is 372 g/mol. The predicted molar refractivity (Wildman–Crippen MR) is 100 cm³/mol. The SMILES string of the molecule is CCCCCNC(=O)CCN(Cc1ccc(F)cc1)C(=O)c1cnccn1. The number of benzene rings is 1. The fraction of sp³-hybridized carbons (Fsp3) is 0.400. The number of hydrogen-bond donors (Lipinski definition) is 1. The summed E-state index contributed by atoms with van der Waals surface area (Å²) in [6, 6.07) is 5.94. The molecule has 6 nitrogen and oxygen atoms in total. The van der Waals surface area contributed by atoms with E-state index in [1.54, 1.807) is 12.1 Å². The minimum absolute atomic E-state index is 0.0952. The molecular formula is C20H25FN4O2. The van der Waals surface area contributed by atoms with Gasteiger partial charge >= 0.3 is 0 Å². The molecule has 1 aromatic carbocycles. The molecule has 144 valence electrons. The van der Waals surface area contributed by atoms with Gasteiger partial charge in [0.05, 0.1) is 6.20 Å². The van der Waals surface area contributed by atoms with Crippen LogP contribution in [0.15, 0.2) is 42.9 Å². The van der Waals surface area contributed by atoms with Crippen LogP contribution in [0.5, 0.6) is 0 Å². The van der Waals surface area contributed by atoms with Crippen LogP contribution in [0.1, 0.15) is 48.7 Å². The molecule has 0 saturated carbocycles. The van der Waals surface area contributed by atoms with Gasteiger partial charge in [-0.05, 0) is 24.1 Å². The topological polar surface area (TPSA) is 75.2 Å². The van der Waals surface area contributed by atoms with Gasteiger partial charge in [0, 0.05) is 38.4 Å². The summed E-state index contributed by atoms with van der Waals surface area (Å²) in [4.78, 5) is 34.3. The van der Waals surface area contributed by atoms with Gasteiger partial charge in [0.2, 0.25) is 5.91 Å². The van der Waals surface area contributed by atoms with Crippen LogP contribution < -0.4 is 5.32 Å². The quantitative estimate of drug-likeness (QED) is 0.651. The standard InChI is InChI=1S/C20H25FN4O2/c1-2-3-4-10-24-19(26)9-13-25(15-16-5-7-17(21)8-6-16)20(27)18-14-22-11-12-23-18/h5-8,11-12,14H,2-4,9-10,13,15H2,1H3,(H,24,26). The second kappa shape index (κ2) is 11.0. The lowest BCUT2D eigenvalue weighted by molar-refractivity contribution is -0.121. The minimum Gasteiger partial charge on any atom is -0.356 e. The molecule has 0 radical (unpaired) electrons. The highest BCUT2D eigenvalue weighted by Gasteiger charge is 2.18. The van der Waals surface area contributed by atoms with Crippen molar-refractivity contribution < 1.29 is 14.0 Å². The lowest BCUT2D eigenvalue weighted by Crippen LogP contribution is -2.35. The van der Waals surface area contributed by atoms with Crippen molar-refractivity contribution in [2.75, 3.05) is 13.1 Å². The van der Waals surface area contributed by atoms with Crippen molar-refractivity contribution in [3.63, 3.8) is 0 Å². The van der Waals surface area contributed by atoms with Gasteiger partial charge in [0.1, 0.15) is 11.5 Å². The Bertz CT molecular complexity index is 723. The molecule has 7 heteroatoms. The number of nitrogens with one attached hydrogen (secondary N) is 1. The minimum atomic E-state index is -0.336. The van der Waals surface area contributed by atoms with Crippen molar-refractivity contribution in [1.29, 1.82) is 0 Å². The molecule has 1 N–H and O–H groups in total. The largest absolute Gasteiger partial charge is 0.356 e. The van der Waals surface area contributed by atoms with Gasteiger partial charge in [-0.15, -0.1) is 0 Å². The van der Waals surface area contributed by atoms with Gasteiger partial charge in [0.15, 0.2) is 0 Å². The van der Waals surface area contributed by atoms with Gasteiger partial charge in [-0.3, -0.25) is 14.6 Å². The van der Waals surface area contributed by atoms with Gasteiger partial charge in [-0.25, -0.2) is 9.37 Å². The predicted octanol–water partition coefficient (Wildman–Crippen LogP) is 2.95. The Labute approximate surface area is 158 Å². The third-order valence-electron chi connectivity index (χ3n) is 4.07. The molecule has 1 heterocycles. The highest BCUT2D eigenvalue weighted by Crippen LogP contribution is 2.10. The van der Waals surface area contributed by atoms with E-state index in [0.29, 0.717) is 6.54 Å². The summed E-state index contributed by atoms with van der Waals surface area (Å²) in [7, 11) is 0. The maximum absolute atomic E-state index is 13.1. The lowest BCUT2D eigenvalue weighted by atomic mass is 10.2. The zero-order valence-electron chi connectivity index (χ0n) is 15.5. The third kappa shape index (κ3) is 7.13. The highest BCUT2D eigenvalue weighted by atomic mass is 19.1. The molecule has 0 saturated heterocycles. The Kier molecular flexibility index (Phi) is 8.35. The summed E-state index contributed by atoms with van der Waals surface area (Å²) in [5.74, 6) is -0.745. The van der Waals surface area contributed by atoms with E-state index in [9.17, 15) is 14.0 Å². The molecule has 0 spiro atoms. The Morgan fingerprint density at radius 1 is 1.15 bits per heavy atom. The molecule has 0 aliphatic carbocycles. The molecule has 2 aromatic rings. The molecule has 0 bridgehead atoms. The summed E-state index contributed by atoms with van der Waals surface area (Å²) < 4.78 is 13.1. The molecule has 1 aromatic heterocycles. The fourth-order valence-electron chi connectivity index (χ4n) is 2.56. The fourth-order valence-corrected chi connectivity index (χ4v) is 2.56. The second-order valence-electron chi connectivity index (χ2n) is 6.25. The molecule has 0 aliphatic heterocycles. The van der Waals surface area contributed by atoms with Crippen molar-refractivity contribution in [2.45, 2.75) is 39.2 Å². The van der Waals surface area contributed by atoms with Crippen LogP contribution in [0.4, 0.5) is 4.39 Å². The number of unbranched alkanes of at least 4 members (excludes halogenated alkanes) is 2.